The number of aryl methyl sites for hydroxylation is 2. The van der Waals surface area contributed by atoms with Crippen LogP contribution in [0.2, 0.25) is 0 Å². The SMILES string of the molecule is Cc1ccc(C(=O)CC2SC(=NN=C3CSC(=O)N3)N(Cc3ccco3)C2=O)cc1C. The number of hydrogen-bond acceptors (Lipinski definition) is 8. The van der Waals surface area contributed by atoms with Crippen molar-refractivity contribution in [2.75, 3.05) is 5.75 Å². The van der Waals surface area contributed by atoms with E-state index in [1.165, 1.54) is 22.9 Å². The van der Waals surface area contributed by atoms with Crippen LogP contribution in [0.3, 0.4) is 0 Å². The molecule has 2 aliphatic rings. The lowest BCUT2D eigenvalue weighted by Gasteiger charge is -2.14. The van der Waals surface area contributed by atoms with Gasteiger partial charge in [0.15, 0.2) is 11.0 Å². The highest BCUT2D eigenvalue weighted by Crippen LogP contribution is 2.32. The molecule has 1 atom stereocenters. The van der Waals surface area contributed by atoms with E-state index in [4.69, 9.17) is 4.42 Å². The fourth-order valence-corrected chi connectivity index (χ4v) is 4.78. The summed E-state index contributed by atoms with van der Waals surface area (Å²) in [7, 11) is 0. The van der Waals surface area contributed by atoms with Crippen molar-refractivity contribution in [2.24, 2.45) is 10.2 Å². The molecule has 2 amide bonds. The first-order valence-corrected chi connectivity index (χ1v) is 11.5. The van der Waals surface area contributed by atoms with Gasteiger partial charge in [-0.2, -0.15) is 0 Å². The van der Waals surface area contributed by atoms with Crippen molar-refractivity contribution in [2.45, 2.75) is 32.1 Å². The number of rotatable bonds is 6. The Morgan fingerprint density at radius 1 is 1.23 bits per heavy atom. The van der Waals surface area contributed by atoms with Gasteiger partial charge in [0.2, 0.25) is 5.91 Å². The van der Waals surface area contributed by atoms with Crippen LogP contribution < -0.4 is 5.32 Å². The van der Waals surface area contributed by atoms with E-state index >= 15 is 0 Å². The molecule has 1 aromatic heterocycles. The van der Waals surface area contributed by atoms with Gasteiger partial charge in [0, 0.05) is 12.0 Å². The molecule has 31 heavy (non-hydrogen) atoms. The average Bonchev–Trinajstić information content (AvgIpc) is 3.47. The normalized spacial score (nSPS) is 21.4. The van der Waals surface area contributed by atoms with Crippen LogP contribution in [0, 0.1) is 13.8 Å². The smallest absolute Gasteiger partial charge is 0.284 e. The summed E-state index contributed by atoms with van der Waals surface area (Å²) in [4.78, 5) is 38.7. The van der Waals surface area contributed by atoms with Crippen molar-refractivity contribution in [3.63, 3.8) is 0 Å². The molecule has 10 heteroatoms. The molecule has 0 saturated carbocycles. The monoisotopic (exact) mass is 456 g/mol. The molecular formula is C21H20N4O4S2. The maximum absolute atomic E-state index is 13.1. The van der Waals surface area contributed by atoms with Gasteiger partial charge in [-0.1, -0.05) is 35.7 Å². The number of amidine groups is 2. The summed E-state index contributed by atoms with van der Waals surface area (Å²) in [6.07, 6.45) is 1.59. The van der Waals surface area contributed by atoms with Crippen LogP contribution in [0.15, 0.2) is 51.2 Å². The van der Waals surface area contributed by atoms with Crippen molar-refractivity contribution >= 4 is 51.5 Å². The van der Waals surface area contributed by atoms with Gasteiger partial charge in [0.25, 0.3) is 5.24 Å². The van der Waals surface area contributed by atoms with Gasteiger partial charge in [0.1, 0.15) is 11.6 Å². The standard InChI is InChI=1S/C21H20N4O4S2/c1-12-5-6-14(8-13(12)2)16(26)9-17-19(27)25(10-15-4-3-7-29-15)20(31-17)24-23-18-11-30-21(28)22-18/h3-8,17H,9-11H2,1-2H3,(H,22,23,28). The van der Waals surface area contributed by atoms with Gasteiger partial charge in [-0.25, -0.2) is 0 Å². The molecule has 2 saturated heterocycles. The first-order valence-electron chi connectivity index (χ1n) is 9.60. The summed E-state index contributed by atoms with van der Waals surface area (Å²) in [5.74, 6) is 1.12. The highest BCUT2D eigenvalue weighted by molar-refractivity contribution is 8.15. The number of amides is 2. The lowest BCUT2D eigenvalue weighted by Crippen LogP contribution is -2.32. The molecule has 0 radical (unpaired) electrons. The van der Waals surface area contributed by atoms with Crippen LogP contribution in [-0.2, 0) is 11.3 Å². The van der Waals surface area contributed by atoms with Gasteiger partial charge in [-0.15, -0.1) is 10.2 Å². The summed E-state index contributed by atoms with van der Waals surface area (Å²) in [5, 5.41) is 10.5. The second kappa shape index (κ2) is 9.11. The van der Waals surface area contributed by atoms with Gasteiger partial charge < -0.3 is 9.73 Å². The van der Waals surface area contributed by atoms with E-state index in [0.717, 1.165) is 22.9 Å². The van der Waals surface area contributed by atoms with Crippen LogP contribution in [0.25, 0.3) is 0 Å². The van der Waals surface area contributed by atoms with Crippen LogP contribution in [0.1, 0.15) is 33.7 Å². The Balaban J connectivity index is 1.54. The minimum Gasteiger partial charge on any atom is -0.467 e. The number of nitrogens with zero attached hydrogens (tertiary/aromatic N) is 3. The third-order valence-electron chi connectivity index (χ3n) is 4.96. The zero-order chi connectivity index (χ0) is 22.0. The molecule has 2 fully saturated rings. The fourth-order valence-electron chi connectivity index (χ4n) is 3.10. The van der Waals surface area contributed by atoms with Gasteiger partial charge in [-0.3, -0.25) is 19.3 Å². The van der Waals surface area contributed by atoms with Gasteiger partial charge in [-0.05, 0) is 43.2 Å². The Bertz CT molecular complexity index is 1090. The molecule has 3 heterocycles. The van der Waals surface area contributed by atoms with Crippen molar-refractivity contribution in [1.29, 1.82) is 0 Å². The summed E-state index contributed by atoms with van der Waals surface area (Å²) < 4.78 is 5.37. The highest BCUT2D eigenvalue weighted by atomic mass is 32.2. The van der Waals surface area contributed by atoms with E-state index < -0.39 is 5.25 Å². The second-order valence-corrected chi connectivity index (χ2v) is 9.29. The first kappa shape index (κ1) is 21.4. The number of Topliss-reactive ketones (excluding diaryl/α,β-unsaturated/α-hetero) is 1. The molecule has 0 bridgehead atoms. The average molecular weight is 457 g/mol. The third kappa shape index (κ3) is 4.91. The lowest BCUT2D eigenvalue weighted by molar-refractivity contribution is -0.126. The number of thioether (sulfide) groups is 2. The lowest BCUT2D eigenvalue weighted by atomic mass is 10.0. The number of carbonyl (C=O) groups excluding carboxylic acids is 3. The van der Waals surface area contributed by atoms with Crippen molar-refractivity contribution in [3.8, 4) is 0 Å². The zero-order valence-electron chi connectivity index (χ0n) is 17.0. The number of hydrogen-bond donors (Lipinski definition) is 1. The Morgan fingerprint density at radius 3 is 2.74 bits per heavy atom. The molecule has 1 aromatic carbocycles. The predicted molar refractivity (Wildman–Crippen MR) is 121 cm³/mol. The van der Waals surface area contributed by atoms with E-state index in [1.54, 1.807) is 18.2 Å². The number of ketones is 1. The van der Waals surface area contributed by atoms with Crippen molar-refractivity contribution < 1.29 is 18.8 Å². The molecule has 1 N–H and O–H groups in total. The Labute approximate surface area is 187 Å². The van der Waals surface area contributed by atoms with E-state index in [0.29, 0.717) is 28.1 Å². The molecule has 0 spiro atoms. The second-order valence-electron chi connectivity index (χ2n) is 7.17. The van der Waals surface area contributed by atoms with Crippen LogP contribution in [0.4, 0.5) is 4.79 Å². The van der Waals surface area contributed by atoms with Crippen molar-refractivity contribution in [3.05, 3.63) is 59.0 Å². The van der Waals surface area contributed by atoms with E-state index in [-0.39, 0.29) is 29.9 Å². The molecular weight excluding hydrogens is 436 g/mol. The van der Waals surface area contributed by atoms with E-state index in [2.05, 4.69) is 15.5 Å². The summed E-state index contributed by atoms with van der Waals surface area (Å²) in [6.45, 7) is 4.14. The minimum absolute atomic E-state index is 0.0584. The minimum atomic E-state index is -0.601. The van der Waals surface area contributed by atoms with Crippen LogP contribution in [0.5, 0.6) is 0 Å². The molecule has 8 nitrogen and oxygen atoms in total. The van der Waals surface area contributed by atoms with E-state index in [9.17, 15) is 14.4 Å². The van der Waals surface area contributed by atoms with Gasteiger partial charge >= 0.3 is 0 Å². The maximum Gasteiger partial charge on any atom is 0.284 e. The third-order valence-corrected chi connectivity index (χ3v) is 6.90. The predicted octanol–water partition coefficient (Wildman–Crippen LogP) is 3.74. The van der Waals surface area contributed by atoms with Gasteiger partial charge in [0.05, 0.1) is 23.8 Å². The number of nitrogens with one attached hydrogen (secondary N) is 1. The number of furan rings is 1. The first-order chi connectivity index (χ1) is 14.9. The Hall–Kier alpha value is -2.85. The number of benzene rings is 1. The summed E-state index contributed by atoms with van der Waals surface area (Å²) >= 11 is 2.31. The molecule has 4 rings (SSSR count). The maximum atomic E-state index is 13.1. The molecule has 160 valence electrons. The Morgan fingerprint density at radius 2 is 2.06 bits per heavy atom. The quantitative estimate of drug-likeness (QED) is 0.525. The fraction of sp³-hybridized carbons (Fsp3) is 0.286. The molecule has 2 aromatic rings. The number of carbonyl (C=O) groups is 3. The Kier molecular flexibility index (Phi) is 6.28. The highest BCUT2D eigenvalue weighted by Gasteiger charge is 2.40. The summed E-state index contributed by atoms with van der Waals surface area (Å²) in [5.41, 5.74) is 2.73. The molecule has 1 unspecified atom stereocenters. The summed E-state index contributed by atoms with van der Waals surface area (Å²) in [6, 6.07) is 9.06. The molecule has 2 aliphatic heterocycles. The van der Waals surface area contributed by atoms with Crippen LogP contribution >= 0.6 is 23.5 Å². The topological polar surface area (TPSA) is 104 Å². The van der Waals surface area contributed by atoms with Crippen LogP contribution in [-0.4, -0.2) is 43.8 Å². The largest absolute Gasteiger partial charge is 0.467 e. The van der Waals surface area contributed by atoms with E-state index in [1.807, 2.05) is 26.0 Å². The molecule has 0 aliphatic carbocycles. The van der Waals surface area contributed by atoms with Crippen molar-refractivity contribution in [1.82, 2.24) is 10.2 Å². The zero-order valence-corrected chi connectivity index (χ0v) is 18.6.